The number of carbonyl (C=O) groups is 1. The van der Waals surface area contributed by atoms with Crippen LogP contribution in [0.5, 0.6) is 0 Å². The van der Waals surface area contributed by atoms with Crippen molar-refractivity contribution in [1.29, 1.82) is 0 Å². The number of hydrogen-bond acceptors (Lipinski definition) is 4. The SMILES string of the molecule is CCOC(=O)C1(c2ccc(-c3ccc(-c4ccsc4C(O)CCCc4ccccc4)cc3)cc2)CC1. The quantitative estimate of drug-likeness (QED) is 0.229. The number of ether oxygens (including phenoxy) is 1. The van der Waals surface area contributed by atoms with Crippen LogP contribution in [0.2, 0.25) is 0 Å². The van der Waals surface area contributed by atoms with Gasteiger partial charge in [-0.05, 0) is 83.9 Å². The number of benzene rings is 3. The summed E-state index contributed by atoms with van der Waals surface area (Å²) in [6, 6.07) is 29.4. The van der Waals surface area contributed by atoms with Crippen molar-refractivity contribution in [1.82, 2.24) is 0 Å². The molecule has 5 rings (SSSR count). The Bertz CT molecular complexity index is 1290. The minimum Gasteiger partial charge on any atom is -0.465 e. The molecular weight excluding hydrogens is 464 g/mol. The molecule has 1 N–H and O–H groups in total. The van der Waals surface area contributed by atoms with E-state index in [0.717, 1.165) is 64.8 Å². The molecule has 0 radical (unpaired) electrons. The van der Waals surface area contributed by atoms with Gasteiger partial charge in [0.05, 0.1) is 18.1 Å². The van der Waals surface area contributed by atoms with Gasteiger partial charge in [-0.15, -0.1) is 11.3 Å². The van der Waals surface area contributed by atoms with Crippen LogP contribution in [-0.4, -0.2) is 17.7 Å². The van der Waals surface area contributed by atoms with Crippen molar-refractivity contribution in [2.75, 3.05) is 6.61 Å². The number of aryl methyl sites for hydroxylation is 1. The Balaban J connectivity index is 1.25. The molecule has 4 heteroatoms. The van der Waals surface area contributed by atoms with E-state index in [1.807, 2.05) is 13.0 Å². The lowest BCUT2D eigenvalue weighted by molar-refractivity contribution is -0.146. The van der Waals surface area contributed by atoms with E-state index in [2.05, 4.69) is 84.2 Å². The highest BCUT2D eigenvalue weighted by Gasteiger charge is 2.52. The van der Waals surface area contributed by atoms with Crippen molar-refractivity contribution in [2.24, 2.45) is 0 Å². The van der Waals surface area contributed by atoms with Crippen LogP contribution in [-0.2, 0) is 21.4 Å². The van der Waals surface area contributed by atoms with Crippen LogP contribution in [0, 0.1) is 0 Å². The second-order valence-electron chi connectivity index (χ2n) is 9.55. The first-order valence-electron chi connectivity index (χ1n) is 12.8. The van der Waals surface area contributed by atoms with Gasteiger partial charge in [0.2, 0.25) is 0 Å². The Kier molecular flexibility index (Phi) is 7.35. The number of aliphatic hydroxyl groups excluding tert-OH is 1. The molecule has 1 atom stereocenters. The predicted octanol–water partition coefficient (Wildman–Crippen LogP) is 7.73. The van der Waals surface area contributed by atoms with Crippen LogP contribution >= 0.6 is 11.3 Å². The third-order valence-electron chi connectivity index (χ3n) is 7.17. The van der Waals surface area contributed by atoms with Gasteiger partial charge in [-0.3, -0.25) is 4.79 Å². The van der Waals surface area contributed by atoms with Crippen LogP contribution < -0.4 is 0 Å². The maximum Gasteiger partial charge on any atom is 0.316 e. The Labute approximate surface area is 217 Å². The van der Waals surface area contributed by atoms with E-state index in [9.17, 15) is 9.90 Å². The van der Waals surface area contributed by atoms with Crippen molar-refractivity contribution in [2.45, 2.75) is 50.5 Å². The molecule has 1 aliphatic carbocycles. The number of rotatable bonds is 10. The van der Waals surface area contributed by atoms with Gasteiger partial charge in [0.25, 0.3) is 0 Å². The molecule has 0 amide bonds. The summed E-state index contributed by atoms with van der Waals surface area (Å²) in [5, 5.41) is 13.0. The highest BCUT2D eigenvalue weighted by atomic mass is 32.1. The van der Waals surface area contributed by atoms with Crippen LogP contribution in [0.4, 0.5) is 0 Å². The molecule has 0 bridgehead atoms. The third-order valence-corrected chi connectivity index (χ3v) is 8.18. The number of carbonyl (C=O) groups excluding carboxylic acids is 1. The monoisotopic (exact) mass is 496 g/mol. The van der Waals surface area contributed by atoms with Crippen LogP contribution in [0.1, 0.15) is 54.7 Å². The van der Waals surface area contributed by atoms with E-state index in [-0.39, 0.29) is 5.97 Å². The second kappa shape index (κ2) is 10.8. The topological polar surface area (TPSA) is 46.5 Å². The summed E-state index contributed by atoms with van der Waals surface area (Å²) in [4.78, 5) is 13.4. The summed E-state index contributed by atoms with van der Waals surface area (Å²) in [6.45, 7) is 2.27. The van der Waals surface area contributed by atoms with Crippen molar-refractivity contribution in [3.05, 3.63) is 106 Å². The molecule has 1 aliphatic rings. The van der Waals surface area contributed by atoms with E-state index in [1.165, 1.54) is 5.56 Å². The molecule has 3 aromatic carbocycles. The summed E-state index contributed by atoms with van der Waals surface area (Å²) in [5.74, 6) is -0.101. The zero-order valence-electron chi connectivity index (χ0n) is 20.7. The average Bonchev–Trinajstić information content (AvgIpc) is 3.59. The molecule has 3 nitrogen and oxygen atoms in total. The number of aliphatic hydroxyl groups is 1. The highest BCUT2D eigenvalue weighted by molar-refractivity contribution is 7.10. The zero-order valence-corrected chi connectivity index (χ0v) is 21.5. The molecule has 1 heterocycles. The van der Waals surface area contributed by atoms with E-state index in [4.69, 9.17) is 4.74 Å². The van der Waals surface area contributed by atoms with Gasteiger partial charge in [-0.1, -0.05) is 78.9 Å². The summed E-state index contributed by atoms with van der Waals surface area (Å²) in [6.07, 6.45) is 3.95. The molecule has 0 saturated heterocycles. The average molecular weight is 497 g/mol. The van der Waals surface area contributed by atoms with Gasteiger partial charge in [0, 0.05) is 4.88 Å². The van der Waals surface area contributed by atoms with E-state index >= 15 is 0 Å². The maximum atomic E-state index is 12.4. The van der Waals surface area contributed by atoms with Crippen molar-refractivity contribution in [3.8, 4) is 22.3 Å². The smallest absolute Gasteiger partial charge is 0.316 e. The Morgan fingerprint density at radius 3 is 2.19 bits per heavy atom. The molecule has 0 spiro atoms. The fourth-order valence-corrected chi connectivity index (χ4v) is 5.86. The Morgan fingerprint density at radius 1 is 0.917 bits per heavy atom. The predicted molar refractivity (Wildman–Crippen MR) is 147 cm³/mol. The zero-order chi connectivity index (χ0) is 25.0. The fourth-order valence-electron chi connectivity index (χ4n) is 4.92. The first-order valence-corrected chi connectivity index (χ1v) is 13.7. The summed E-state index contributed by atoms with van der Waals surface area (Å²) >= 11 is 1.63. The molecule has 1 fully saturated rings. The first kappa shape index (κ1) is 24.5. The minimum absolute atomic E-state index is 0.101. The van der Waals surface area contributed by atoms with Crippen molar-refractivity contribution >= 4 is 17.3 Å². The molecule has 0 aliphatic heterocycles. The van der Waals surface area contributed by atoms with Gasteiger partial charge in [-0.2, -0.15) is 0 Å². The number of thiophene rings is 1. The van der Waals surface area contributed by atoms with Gasteiger partial charge in [0.1, 0.15) is 0 Å². The van der Waals surface area contributed by atoms with Crippen molar-refractivity contribution in [3.63, 3.8) is 0 Å². The van der Waals surface area contributed by atoms with Gasteiger partial charge in [-0.25, -0.2) is 0 Å². The summed E-state index contributed by atoms with van der Waals surface area (Å²) in [7, 11) is 0. The van der Waals surface area contributed by atoms with E-state index in [0.29, 0.717) is 6.61 Å². The largest absolute Gasteiger partial charge is 0.465 e. The van der Waals surface area contributed by atoms with Gasteiger partial charge < -0.3 is 9.84 Å². The summed E-state index contributed by atoms with van der Waals surface area (Å²) in [5.41, 5.74) is 6.41. The van der Waals surface area contributed by atoms with Gasteiger partial charge >= 0.3 is 5.97 Å². The Morgan fingerprint density at radius 2 is 1.56 bits per heavy atom. The normalized spacial score (nSPS) is 14.8. The molecular formula is C32H32O3S. The van der Waals surface area contributed by atoms with Crippen LogP contribution in [0.25, 0.3) is 22.3 Å². The molecule has 36 heavy (non-hydrogen) atoms. The number of esters is 1. The third kappa shape index (κ3) is 5.16. The molecule has 4 aromatic rings. The lowest BCUT2D eigenvalue weighted by atomic mass is 9.93. The molecule has 184 valence electrons. The highest BCUT2D eigenvalue weighted by Crippen LogP contribution is 2.49. The van der Waals surface area contributed by atoms with Gasteiger partial charge in [0.15, 0.2) is 0 Å². The molecule has 1 aromatic heterocycles. The van der Waals surface area contributed by atoms with E-state index < -0.39 is 11.5 Å². The number of hydrogen-bond donors (Lipinski definition) is 1. The maximum absolute atomic E-state index is 12.4. The first-order chi connectivity index (χ1) is 17.6. The Hall–Kier alpha value is -3.21. The molecule has 1 saturated carbocycles. The van der Waals surface area contributed by atoms with Crippen molar-refractivity contribution < 1.29 is 14.6 Å². The molecule has 1 unspecified atom stereocenters. The lowest BCUT2D eigenvalue weighted by Gasteiger charge is -2.15. The summed E-state index contributed by atoms with van der Waals surface area (Å²) < 4.78 is 5.30. The van der Waals surface area contributed by atoms with Crippen LogP contribution in [0.15, 0.2) is 90.3 Å². The van der Waals surface area contributed by atoms with E-state index in [1.54, 1.807) is 11.3 Å². The van der Waals surface area contributed by atoms with Crippen LogP contribution in [0.3, 0.4) is 0 Å². The minimum atomic E-state index is -0.454. The standard InChI is InChI=1S/C32H32O3S/c1-2-35-31(34)32(20-21-32)27-17-15-25(16-18-27)24-11-13-26(14-12-24)28-19-22-36-30(28)29(33)10-6-9-23-7-4-3-5-8-23/h3-5,7-8,11-19,22,29,33H,2,6,9-10,20-21H2,1H3. The second-order valence-corrected chi connectivity index (χ2v) is 10.5. The lowest BCUT2D eigenvalue weighted by Crippen LogP contribution is -2.23. The fraction of sp³-hybridized carbons (Fsp3) is 0.281.